The average Bonchev–Trinajstić information content (AvgIpc) is 2.82. The molecule has 4 N–H and O–H groups in total. The van der Waals surface area contributed by atoms with Crippen LogP contribution < -0.4 is 11.1 Å². The summed E-state index contributed by atoms with van der Waals surface area (Å²) in [5.74, 6) is -3.17. The number of aliphatic hydroxyl groups excluding tert-OH is 1. The number of amides is 2. The first-order valence-electron chi connectivity index (χ1n) is 14.0. The highest BCUT2D eigenvalue weighted by Crippen LogP contribution is 2.44. The van der Waals surface area contributed by atoms with Gasteiger partial charge in [0, 0.05) is 37.2 Å². The molecule has 3 atom stereocenters. The largest absolute Gasteiger partial charge is 0.391 e. The first kappa shape index (κ1) is 32.6. The zero-order chi connectivity index (χ0) is 29.4. The SMILES string of the molecule is CCCN(CCC)C(=O)C1=CC(C)=CC(C(N)=O)([C@H](Cc2cc(F)cc(F)c2)[C@@H](O)CNCCC(C)(C)C)C1. The van der Waals surface area contributed by atoms with Gasteiger partial charge in [0.25, 0.3) is 0 Å². The molecule has 6 nitrogen and oxygen atoms in total. The minimum Gasteiger partial charge on any atom is -0.391 e. The monoisotopic (exact) mass is 547 g/mol. The summed E-state index contributed by atoms with van der Waals surface area (Å²) >= 11 is 0. The summed E-state index contributed by atoms with van der Waals surface area (Å²) in [6, 6.07) is 3.19. The number of nitrogens with two attached hydrogens (primary N) is 1. The van der Waals surface area contributed by atoms with Crippen LogP contribution in [0.15, 0.2) is 41.5 Å². The van der Waals surface area contributed by atoms with Gasteiger partial charge in [-0.25, -0.2) is 8.78 Å². The molecule has 218 valence electrons. The molecule has 2 rings (SSSR count). The Morgan fingerprint density at radius 2 is 1.72 bits per heavy atom. The number of rotatable bonds is 14. The highest BCUT2D eigenvalue weighted by molar-refractivity contribution is 5.96. The van der Waals surface area contributed by atoms with E-state index in [-0.39, 0.29) is 30.7 Å². The molecular formula is C31H47F2N3O3. The van der Waals surface area contributed by atoms with Crippen molar-refractivity contribution in [1.29, 1.82) is 0 Å². The lowest BCUT2D eigenvalue weighted by molar-refractivity contribution is -0.132. The molecule has 0 saturated heterocycles. The Morgan fingerprint density at radius 3 is 2.23 bits per heavy atom. The second-order valence-electron chi connectivity index (χ2n) is 12.1. The van der Waals surface area contributed by atoms with Crippen LogP contribution in [0.3, 0.4) is 0 Å². The first-order chi connectivity index (χ1) is 18.2. The van der Waals surface area contributed by atoms with Crippen molar-refractivity contribution in [3.05, 3.63) is 58.7 Å². The van der Waals surface area contributed by atoms with Crippen molar-refractivity contribution in [2.75, 3.05) is 26.2 Å². The van der Waals surface area contributed by atoms with Crippen molar-refractivity contribution in [3.63, 3.8) is 0 Å². The molecule has 1 aliphatic carbocycles. The fourth-order valence-electron chi connectivity index (χ4n) is 5.41. The highest BCUT2D eigenvalue weighted by Gasteiger charge is 2.48. The van der Waals surface area contributed by atoms with Crippen molar-refractivity contribution in [2.24, 2.45) is 22.5 Å². The van der Waals surface area contributed by atoms with Gasteiger partial charge in [-0.1, -0.05) is 52.3 Å². The molecule has 1 aromatic rings. The summed E-state index contributed by atoms with van der Waals surface area (Å²) in [7, 11) is 0. The first-order valence-corrected chi connectivity index (χ1v) is 14.0. The van der Waals surface area contributed by atoms with E-state index in [9.17, 15) is 23.5 Å². The van der Waals surface area contributed by atoms with Gasteiger partial charge in [-0.2, -0.15) is 0 Å². The van der Waals surface area contributed by atoms with Crippen LogP contribution in [-0.2, 0) is 16.0 Å². The fourth-order valence-corrected chi connectivity index (χ4v) is 5.41. The second-order valence-corrected chi connectivity index (χ2v) is 12.1. The van der Waals surface area contributed by atoms with Crippen molar-refractivity contribution in [1.82, 2.24) is 10.2 Å². The standard InChI is InChI=1S/C31H47F2N3O3/c1-7-11-36(12-8-2)28(38)23-13-21(3)18-31(19-23,29(34)39)26(16-22-14-24(32)17-25(33)15-22)27(37)20-35-10-9-30(4,5)6/h13-15,17-18,26-27,35,37H,7-12,16,19-20H2,1-6H3,(H2,34,39)/t26-,27+,31?/m1/s1. The number of carbonyl (C=O) groups is 2. The molecule has 0 fully saturated rings. The third kappa shape index (κ3) is 9.24. The molecule has 8 heteroatoms. The second kappa shape index (κ2) is 14.2. The quantitative estimate of drug-likeness (QED) is 0.289. The molecule has 0 spiro atoms. The molecule has 0 aliphatic heterocycles. The van der Waals surface area contributed by atoms with E-state index >= 15 is 0 Å². The van der Waals surface area contributed by atoms with Crippen LogP contribution >= 0.6 is 0 Å². The Hall–Kier alpha value is -2.58. The third-order valence-electron chi connectivity index (χ3n) is 7.29. The van der Waals surface area contributed by atoms with Gasteiger partial charge >= 0.3 is 0 Å². The third-order valence-corrected chi connectivity index (χ3v) is 7.29. The van der Waals surface area contributed by atoms with Crippen LogP contribution in [0.5, 0.6) is 0 Å². The van der Waals surface area contributed by atoms with E-state index in [0.29, 0.717) is 36.3 Å². The van der Waals surface area contributed by atoms with E-state index in [0.717, 1.165) is 25.3 Å². The fraction of sp³-hybridized carbons (Fsp3) is 0.613. The van der Waals surface area contributed by atoms with Crippen LogP contribution in [0.2, 0.25) is 0 Å². The molecule has 0 heterocycles. The average molecular weight is 548 g/mol. The lowest BCUT2D eigenvalue weighted by Crippen LogP contribution is -2.52. The van der Waals surface area contributed by atoms with Gasteiger partial charge in [0.1, 0.15) is 11.6 Å². The molecule has 0 aromatic heterocycles. The van der Waals surface area contributed by atoms with Gasteiger partial charge < -0.3 is 21.1 Å². The molecule has 39 heavy (non-hydrogen) atoms. The molecule has 2 amide bonds. The minimum absolute atomic E-state index is 0.00137. The van der Waals surface area contributed by atoms with Gasteiger partial charge in [0.2, 0.25) is 11.8 Å². The Bertz CT molecular complexity index is 1040. The molecule has 0 radical (unpaired) electrons. The normalized spacial score (nSPS) is 19.2. The van der Waals surface area contributed by atoms with Gasteiger partial charge in [-0.3, -0.25) is 9.59 Å². The number of hydrogen-bond acceptors (Lipinski definition) is 4. The Balaban J connectivity index is 2.50. The lowest BCUT2D eigenvalue weighted by atomic mass is 9.63. The number of hydrogen-bond donors (Lipinski definition) is 3. The Kier molecular flexibility index (Phi) is 11.9. The van der Waals surface area contributed by atoms with E-state index in [1.54, 1.807) is 24.0 Å². The van der Waals surface area contributed by atoms with Crippen molar-refractivity contribution in [3.8, 4) is 0 Å². The summed E-state index contributed by atoms with van der Waals surface area (Å²) in [5.41, 5.74) is 6.16. The van der Waals surface area contributed by atoms with Gasteiger partial charge in [0.15, 0.2) is 0 Å². The van der Waals surface area contributed by atoms with Crippen molar-refractivity contribution in [2.45, 2.75) is 79.8 Å². The maximum atomic E-state index is 14.1. The zero-order valence-electron chi connectivity index (χ0n) is 24.4. The van der Waals surface area contributed by atoms with Crippen LogP contribution in [0.25, 0.3) is 0 Å². The number of nitrogens with one attached hydrogen (secondary N) is 1. The molecule has 0 saturated carbocycles. The molecule has 1 aromatic carbocycles. The zero-order valence-corrected chi connectivity index (χ0v) is 24.4. The van der Waals surface area contributed by atoms with E-state index in [2.05, 4.69) is 26.1 Å². The van der Waals surface area contributed by atoms with Gasteiger partial charge in [-0.15, -0.1) is 0 Å². The maximum Gasteiger partial charge on any atom is 0.249 e. The number of carbonyl (C=O) groups excluding carboxylic acids is 2. The van der Waals surface area contributed by atoms with Crippen molar-refractivity contribution >= 4 is 11.8 Å². The van der Waals surface area contributed by atoms with E-state index in [1.807, 2.05) is 13.8 Å². The van der Waals surface area contributed by atoms with Crippen LogP contribution in [0.4, 0.5) is 8.78 Å². The lowest BCUT2D eigenvalue weighted by Gasteiger charge is -2.42. The minimum atomic E-state index is -1.43. The predicted molar refractivity (Wildman–Crippen MR) is 152 cm³/mol. The van der Waals surface area contributed by atoms with Crippen LogP contribution in [0, 0.1) is 28.4 Å². The van der Waals surface area contributed by atoms with Gasteiger partial charge in [-0.05, 0) is 68.7 Å². The summed E-state index contributed by atoms with van der Waals surface area (Å²) in [6.07, 6.45) is 4.87. The number of nitrogens with zero attached hydrogens (tertiary/aromatic N) is 1. The Labute approximate surface area is 232 Å². The number of benzene rings is 1. The number of primary amides is 1. The Morgan fingerprint density at radius 1 is 1.13 bits per heavy atom. The summed E-state index contributed by atoms with van der Waals surface area (Å²) in [4.78, 5) is 28.6. The molecule has 1 unspecified atom stereocenters. The van der Waals surface area contributed by atoms with Crippen LogP contribution in [0.1, 0.15) is 72.8 Å². The molecule has 0 bridgehead atoms. The van der Waals surface area contributed by atoms with E-state index in [4.69, 9.17) is 5.73 Å². The van der Waals surface area contributed by atoms with Crippen LogP contribution in [-0.4, -0.2) is 54.1 Å². The molecule has 1 aliphatic rings. The number of halogens is 2. The summed E-state index contributed by atoms with van der Waals surface area (Å²) < 4.78 is 28.2. The maximum absolute atomic E-state index is 14.1. The molecular weight excluding hydrogens is 500 g/mol. The highest BCUT2D eigenvalue weighted by atomic mass is 19.1. The topological polar surface area (TPSA) is 95.7 Å². The van der Waals surface area contributed by atoms with Gasteiger partial charge in [0.05, 0.1) is 11.5 Å². The summed E-state index contributed by atoms with van der Waals surface area (Å²) in [5, 5.41) is 14.8. The predicted octanol–water partition coefficient (Wildman–Crippen LogP) is 4.91. The number of allylic oxidation sites excluding steroid dienone is 2. The summed E-state index contributed by atoms with van der Waals surface area (Å²) in [6.45, 7) is 14.1. The number of aliphatic hydroxyl groups is 1. The van der Waals surface area contributed by atoms with E-state index in [1.165, 1.54) is 12.1 Å². The smallest absolute Gasteiger partial charge is 0.249 e. The van der Waals surface area contributed by atoms with E-state index < -0.39 is 35.0 Å². The van der Waals surface area contributed by atoms with Crippen molar-refractivity contribution < 1.29 is 23.5 Å².